The van der Waals surface area contributed by atoms with Gasteiger partial charge < -0.3 is 5.11 Å². The second kappa shape index (κ2) is 6.12. The summed E-state index contributed by atoms with van der Waals surface area (Å²) in [6, 6.07) is 12.1. The number of hydrogen-bond donors (Lipinski definition) is 1. The van der Waals surface area contributed by atoms with E-state index in [2.05, 4.69) is 4.98 Å². The summed E-state index contributed by atoms with van der Waals surface area (Å²) in [5, 5.41) is 21.4. The van der Waals surface area contributed by atoms with Gasteiger partial charge in [0.25, 0.3) is 5.69 Å². The number of fused-ring (bicyclic) bond motifs is 1. The van der Waals surface area contributed by atoms with Gasteiger partial charge in [-0.05, 0) is 66.9 Å². The van der Waals surface area contributed by atoms with Crippen molar-refractivity contribution in [2.24, 2.45) is 0 Å². The third-order valence-electron chi connectivity index (χ3n) is 3.89. The van der Waals surface area contributed by atoms with Gasteiger partial charge in [0.2, 0.25) is 0 Å². The van der Waals surface area contributed by atoms with Crippen LogP contribution in [0.4, 0.5) is 5.69 Å². The molecule has 24 heavy (non-hydrogen) atoms. The Bertz CT molecular complexity index is 955. The van der Waals surface area contributed by atoms with E-state index in [0.717, 1.165) is 16.7 Å². The lowest BCUT2D eigenvalue weighted by Crippen LogP contribution is -1.91. The van der Waals surface area contributed by atoms with E-state index in [1.165, 1.54) is 6.07 Å². The van der Waals surface area contributed by atoms with Crippen molar-refractivity contribution in [1.82, 2.24) is 4.98 Å². The van der Waals surface area contributed by atoms with E-state index >= 15 is 0 Å². The topological polar surface area (TPSA) is 76.3 Å². The van der Waals surface area contributed by atoms with E-state index in [1.54, 1.807) is 24.3 Å². The maximum absolute atomic E-state index is 11.0. The summed E-state index contributed by atoms with van der Waals surface area (Å²) in [4.78, 5) is 15.1. The van der Waals surface area contributed by atoms with E-state index < -0.39 is 4.92 Å². The van der Waals surface area contributed by atoms with E-state index in [9.17, 15) is 15.2 Å². The van der Waals surface area contributed by atoms with Crippen LogP contribution in [0.2, 0.25) is 0 Å². The van der Waals surface area contributed by atoms with Crippen LogP contribution in [0, 0.1) is 24.0 Å². The van der Waals surface area contributed by atoms with Gasteiger partial charge in [-0.3, -0.25) is 10.1 Å². The third-order valence-corrected chi connectivity index (χ3v) is 3.89. The molecule has 1 heterocycles. The molecule has 0 saturated heterocycles. The zero-order valence-electron chi connectivity index (χ0n) is 13.4. The second-order valence-electron chi connectivity index (χ2n) is 5.67. The number of phenols is 1. The molecule has 0 aliphatic carbocycles. The normalized spacial score (nSPS) is 11.2. The van der Waals surface area contributed by atoms with Crippen LogP contribution in [0.25, 0.3) is 23.1 Å². The minimum Gasteiger partial charge on any atom is -0.507 e. The number of non-ortho nitro benzene ring substituents is 1. The first-order valence-electron chi connectivity index (χ1n) is 7.48. The average molecular weight is 320 g/mol. The Morgan fingerprint density at radius 1 is 1.08 bits per heavy atom. The van der Waals surface area contributed by atoms with Crippen molar-refractivity contribution in [3.05, 3.63) is 75.0 Å². The summed E-state index contributed by atoms with van der Waals surface area (Å²) < 4.78 is 0. The molecule has 5 nitrogen and oxygen atoms in total. The SMILES string of the molecule is Cc1cc(/C=C/c2ccc3c([N+](=O)[O-])cccc3n2)cc(C)c1O. The smallest absolute Gasteiger partial charge is 0.278 e. The fourth-order valence-corrected chi connectivity index (χ4v) is 2.67. The molecule has 3 rings (SSSR count). The minimum atomic E-state index is -0.401. The Balaban J connectivity index is 1.97. The Labute approximate surface area is 139 Å². The van der Waals surface area contributed by atoms with Crippen LogP contribution < -0.4 is 0 Å². The molecule has 0 atom stereocenters. The number of phenolic OH excluding ortho intramolecular Hbond substituents is 1. The molecule has 5 heteroatoms. The zero-order valence-corrected chi connectivity index (χ0v) is 13.4. The van der Waals surface area contributed by atoms with E-state index in [1.807, 2.05) is 38.1 Å². The highest BCUT2D eigenvalue weighted by molar-refractivity contribution is 5.89. The van der Waals surface area contributed by atoms with Crippen LogP contribution in [0.5, 0.6) is 5.75 Å². The first-order chi connectivity index (χ1) is 11.5. The van der Waals surface area contributed by atoms with Gasteiger partial charge in [0.05, 0.1) is 21.5 Å². The highest BCUT2D eigenvalue weighted by Crippen LogP contribution is 2.26. The third kappa shape index (κ3) is 2.96. The molecular formula is C19H16N2O3. The highest BCUT2D eigenvalue weighted by Gasteiger charge is 2.11. The van der Waals surface area contributed by atoms with E-state index in [4.69, 9.17) is 0 Å². The van der Waals surface area contributed by atoms with Crippen LogP contribution in [0.1, 0.15) is 22.4 Å². The lowest BCUT2D eigenvalue weighted by atomic mass is 10.1. The molecule has 0 unspecified atom stereocenters. The lowest BCUT2D eigenvalue weighted by molar-refractivity contribution is -0.383. The van der Waals surface area contributed by atoms with Crippen molar-refractivity contribution in [2.75, 3.05) is 0 Å². The number of aromatic hydroxyl groups is 1. The molecule has 3 aromatic rings. The molecule has 0 amide bonds. The molecule has 0 aliphatic rings. The van der Waals surface area contributed by atoms with E-state index in [-0.39, 0.29) is 5.69 Å². The molecule has 0 saturated carbocycles. The van der Waals surface area contributed by atoms with Crippen molar-refractivity contribution >= 4 is 28.7 Å². The molecular weight excluding hydrogens is 304 g/mol. The Morgan fingerprint density at radius 2 is 1.79 bits per heavy atom. The number of nitro groups is 1. The van der Waals surface area contributed by atoms with Gasteiger partial charge >= 0.3 is 0 Å². The number of pyridine rings is 1. The summed E-state index contributed by atoms with van der Waals surface area (Å²) >= 11 is 0. The van der Waals surface area contributed by atoms with Crippen molar-refractivity contribution in [3.63, 3.8) is 0 Å². The van der Waals surface area contributed by atoms with Gasteiger partial charge in [-0.25, -0.2) is 4.98 Å². The standard InChI is InChI=1S/C19H16N2O3/c1-12-10-14(11-13(2)19(12)22)6-7-15-8-9-16-17(20-15)4-3-5-18(16)21(23)24/h3-11,22H,1-2H3/b7-6+. The summed E-state index contributed by atoms with van der Waals surface area (Å²) in [5.41, 5.74) is 3.95. The first kappa shape index (κ1) is 15.7. The number of rotatable bonds is 3. The van der Waals surface area contributed by atoms with Crippen LogP contribution in [0.3, 0.4) is 0 Å². The second-order valence-corrected chi connectivity index (χ2v) is 5.67. The molecule has 1 N–H and O–H groups in total. The fourth-order valence-electron chi connectivity index (χ4n) is 2.67. The van der Waals surface area contributed by atoms with Crippen molar-refractivity contribution in [1.29, 1.82) is 0 Å². The zero-order chi connectivity index (χ0) is 17.3. The van der Waals surface area contributed by atoms with Gasteiger partial charge in [0.15, 0.2) is 0 Å². The highest BCUT2D eigenvalue weighted by atomic mass is 16.6. The van der Waals surface area contributed by atoms with E-state index in [0.29, 0.717) is 22.3 Å². The summed E-state index contributed by atoms with van der Waals surface area (Å²) in [7, 11) is 0. The van der Waals surface area contributed by atoms with Crippen molar-refractivity contribution in [3.8, 4) is 5.75 Å². The average Bonchev–Trinajstić information content (AvgIpc) is 2.56. The predicted octanol–water partition coefficient (Wildman–Crippen LogP) is 4.64. The maximum Gasteiger partial charge on any atom is 0.278 e. The number of nitro benzene ring substituents is 1. The number of nitrogens with zero attached hydrogens (tertiary/aromatic N) is 2. The minimum absolute atomic E-state index is 0.0558. The lowest BCUT2D eigenvalue weighted by Gasteiger charge is -2.05. The van der Waals surface area contributed by atoms with Crippen LogP contribution in [-0.4, -0.2) is 15.0 Å². The molecule has 120 valence electrons. The molecule has 0 bridgehead atoms. The van der Waals surface area contributed by atoms with Gasteiger partial charge in [-0.15, -0.1) is 0 Å². The molecule has 2 aromatic carbocycles. The number of aromatic nitrogens is 1. The predicted molar refractivity (Wildman–Crippen MR) is 94.9 cm³/mol. The Kier molecular flexibility index (Phi) is 4.00. The van der Waals surface area contributed by atoms with Crippen LogP contribution >= 0.6 is 0 Å². The number of aryl methyl sites for hydroxylation is 2. The van der Waals surface area contributed by atoms with Gasteiger partial charge in [0.1, 0.15) is 5.75 Å². The number of benzene rings is 2. The quantitative estimate of drug-likeness (QED) is 0.563. The maximum atomic E-state index is 11.0. The molecule has 0 fully saturated rings. The van der Waals surface area contributed by atoms with Crippen molar-refractivity contribution < 1.29 is 10.0 Å². The fraction of sp³-hybridized carbons (Fsp3) is 0.105. The van der Waals surface area contributed by atoms with Crippen LogP contribution in [0.15, 0.2) is 42.5 Å². The summed E-state index contributed by atoms with van der Waals surface area (Å²) in [6.45, 7) is 3.71. The van der Waals surface area contributed by atoms with Crippen LogP contribution in [-0.2, 0) is 0 Å². The molecule has 0 aliphatic heterocycles. The summed E-state index contributed by atoms with van der Waals surface area (Å²) in [5.74, 6) is 0.309. The summed E-state index contributed by atoms with van der Waals surface area (Å²) in [6.07, 6.45) is 3.76. The molecule has 0 radical (unpaired) electrons. The largest absolute Gasteiger partial charge is 0.507 e. The van der Waals surface area contributed by atoms with Crippen molar-refractivity contribution in [2.45, 2.75) is 13.8 Å². The Hall–Kier alpha value is -3.21. The van der Waals surface area contributed by atoms with Gasteiger partial charge in [0, 0.05) is 6.07 Å². The molecule has 0 spiro atoms. The molecule has 1 aromatic heterocycles. The number of hydrogen-bond acceptors (Lipinski definition) is 4. The Morgan fingerprint density at radius 3 is 2.46 bits per heavy atom. The first-order valence-corrected chi connectivity index (χ1v) is 7.48. The van der Waals surface area contributed by atoms with Gasteiger partial charge in [-0.1, -0.05) is 12.1 Å². The monoisotopic (exact) mass is 320 g/mol. The van der Waals surface area contributed by atoms with Gasteiger partial charge in [-0.2, -0.15) is 0 Å².